The van der Waals surface area contributed by atoms with Crippen molar-refractivity contribution in [3.63, 3.8) is 0 Å². The fourth-order valence-electron chi connectivity index (χ4n) is 3.01. The van der Waals surface area contributed by atoms with Crippen molar-refractivity contribution in [1.29, 1.82) is 0 Å². The zero-order valence-corrected chi connectivity index (χ0v) is 18.4. The number of nitrogens with zero attached hydrogens (tertiary/aromatic N) is 2. The topological polar surface area (TPSA) is 85.8 Å². The van der Waals surface area contributed by atoms with Crippen LogP contribution in [0.15, 0.2) is 22.4 Å². The van der Waals surface area contributed by atoms with Gasteiger partial charge in [0.15, 0.2) is 5.69 Å². The van der Waals surface area contributed by atoms with Crippen LogP contribution in [0.25, 0.3) is 0 Å². The van der Waals surface area contributed by atoms with Gasteiger partial charge in [-0.25, -0.2) is 18.2 Å². The van der Waals surface area contributed by atoms with E-state index in [0.717, 1.165) is 5.56 Å². The largest absolute Gasteiger partial charge is 0.461 e. The Labute approximate surface area is 170 Å². The minimum atomic E-state index is -3.77. The second kappa shape index (κ2) is 9.60. The maximum atomic E-state index is 13.4. The Bertz CT molecular complexity index is 915. The average molecular weight is 427 g/mol. The quantitative estimate of drug-likeness (QED) is 0.573. The highest BCUT2D eigenvalue weighted by atomic mass is 32.2. The van der Waals surface area contributed by atoms with Gasteiger partial charge in [-0.15, -0.1) is 11.3 Å². The van der Waals surface area contributed by atoms with Gasteiger partial charge in [0.1, 0.15) is 5.01 Å². The molecule has 0 radical (unpaired) electrons. The lowest BCUT2D eigenvalue weighted by Gasteiger charge is -2.23. The smallest absolute Gasteiger partial charge is 0.357 e. The van der Waals surface area contributed by atoms with E-state index in [0.29, 0.717) is 21.0 Å². The minimum absolute atomic E-state index is 0.0581. The number of sulfonamides is 1. The fourth-order valence-corrected chi connectivity index (χ4v) is 5.67. The predicted molar refractivity (Wildman–Crippen MR) is 108 cm³/mol. The number of hydrogen-bond acceptors (Lipinski definition) is 7. The van der Waals surface area contributed by atoms with Crippen molar-refractivity contribution in [1.82, 2.24) is 9.29 Å². The Balaban J connectivity index is 2.37. The van der Waals surface area contributed by atoms with Gasteiger partial charge in [0.25, 0.3) is 0 Å². The molecule has 7 nitrogen and oxygen atoms in total. The summed E-state index contributed by atoms with van der Waals surface area (Å²) in [6, 6.07) is 3.72. The van der Waals surface area contributed by atoms with E-state index in [4.69, 9.17) is 9.47 Å². The number of hydrogen-bond donors (Lipinski definition) is 0. The molecule has 0 amide bonds. The summed E-state index contributed by atoms with van der Waals surface area (Å²) >= 11 is 1.23. The summed E-state index contributed by atoms with van der Waals surface area (Å²) in [4.78, 5) is 16.4. The molecular weight excluding hydrogens is 400 g/mol. The van der Waals surface area contributed by atoms with Crippen LogP contribution in [0, 0.1) is 20.8 Å². The molecule has 0 aliphatic carbocycles. The summed E-state index contributed by atoms with van der Waals surface area (Å²) in [5.41, 5.74) is 2.60. The molecule has 9 heteroatoms. The van der Waals surface area contributed by atoms with E-state index in [1.54, 1.807) is 26.2 Å². The van der Waals surface area contributed by atoms with E-state index in [2.05, 4.69) is 4.98 Å². The SMILES string of the molecule is CCOC(=O)c1csc(CN(CCOC)S(=O)(=O)c2c(C)cc(C)cc2C)n1. The molecule has 2 rings (SSSR count). The van der Waals surface area contributed by atoms with Crippen molar-refractivity contribution in [2.75, 3.05) is 26.9 Å². The van der Waals surface area contributed by atoms with Crippen molar-refractivity contribution in [3.05, 3.63) is 44.9 Å². The van der Waals surface area contributed by atoms with Crippen LogP contribution in [0.2, 0.25) is 0 Å². The molecular formula is C19H26N2O5S2. The van der Waals surface area contributed by atoms with Crippen LogP contribution in [-0.2, 0) is 26.0 Å². The predicted octanol–water partition coefficient (Wildman–Crippen LogP) is 3.08. The Morgan fingerprint density at radius 2 is 1.86 bits per heavy atom. The Morgan fingerprint density at radius 3 is 2.43 bits per heavy atom. The molecule has 0 spiro atoms. The highest BCUT2D eigenvalue weighted by Gasteiger charge is 2.29. The molecule has 0 unspecified atom stereocenters. The first kappa shape index (κ1) is 22.5. The lowest BCUT2D eigenvalue weighted by atomic mass is 10.1. The zero-order chi connectivity index (χ0) is 20.9. The van der Waals surface area contributed by atoms with Gasteiger partial charge in [-0.1, -0.05) is 17.7 Å². The number of aryl methyl sites for hydroxylation is 3. The molecule has 0 aliphatic rings. The standard InChI is InChI=1S/C19H26N2O5S2/c1-6-26-19(22)16-12-27-17(20-16)11-21(7-8-25-5)28(23,24)18-14(3)9-13(2)10-15(18)4/h9-10,12H,6-8,11H2,1-5H3. The second-order valence-electron chi connectivity index (χ2n) is 6.41. The number of carbonyl (C=O) groups excluding carboxylic acids is 1. The molecule has 0 atom stereocenters. The first-order valence-corrected chi connectivity index (χ1v) is 11.2. The van der Waals surface area contributed by atoms with Gasteiger partial charge in [-0.3, -0.25) is 0 Å². The summed E-state index contributed by atoms with van der Waals surface area (Å²) in [5, 5.41) is 2.10. The third-order valence-electron chi connectivity index (χ3n) is 4.10. The summed E-state index contributed by atoms with van der Waals surface area (Å²) < 4.78 is 38.2. The molecule has 1 heterocycles. The van der Waals surface area contributed by atoms with Crippen molar-refractivity contribution in [2.45, 2.75) is 39.1 Å². The Hall–Kier alpha value is -1.81. The van der Waals surface area contributed by atoms with Crippen molar-refractivity contribution in [2.24, 2.45) is 0 Å². The van der Waals surface area contributed by atoms with Crippen LogP contribution in [0.3, 0.4) is 0 Å². The first-order valence-electron chi connectivity index (χ1n) is 8.89. The van der Waals surface area contributed by atoms with Gasteiger partial charge in [0, 0.05) is 19.0 Å². The summed E-state index contributed by atoms with van der Waals surface area (Å²) in [6.07, 6.45) is 0. The van der Waals surface area contributed by atoms with E-state index in [-0.39, 0.29) is 32.0 Å². The van der Waals surface area contributed by atoms with Gasteiger partial charge >= 0.3 is 5.97 Å². The Kier molecular flexibility index (Phi) is 7.70. The molecule has 28 heavy (non-hydrogen) atoms. The highest BCUT2D eigenvalue weighted by Crippen LogP contribution is 2.27. The fraction of sp³-hybridized carbons (Fsp3) is 0.474. The van der Waals surface area contributed by atoms with Crippen molar-refractivity contribution < 1.29 is 22.7 Å². The van der Waals surface area contributed by atoms with Gasteiger partial charge in [-0.05, 0) is 38.8 Å². The number of methoxy groups -OCH3 is 1. The Morgan fingerprint density at radius 1 is 1.21 bits per heavy atom. The molecule has 0 fully saturated rings. The number of rotatable bonds is 9. The molecule has 0 bridgehead atoms. The molecule has 0 N–H and O–H groups in total. The molecule has 1 aromatic carbocycles. The van der Waals surface area contributed by atoms with Crippen molar-refractivity contribution in [3.8, 4) is 0 Å². The van der Waals surface area contributed by atoms with Crippen LogP contribution in [0.4, 0.5) is 0 Å². The molecule has 154 valence electrons. The summed E-state index contributed by atoms with van der Waals surface area (Å²) in [5.74, 6) is -0.512. The van der Waals surface area contributed by atoms with E-state index < -0.39 is 16.0 Å². The lowest BCUT2D eigenvalue weighted by molar-refractivity contribution is 0.0520. The third-order valence-corrected chi connectivity index (χ3v) is 7.08. The number of ether oxygens (including phenoxy) is 2. The van der Waals surface area contributed by atoms with Gasteiger partial charge in [0.2, 0.25) is 10.0 Å². The number of carbonyl (C=O) groups is 1. The summed E-state index contributed by atoms with van der Waals surface area (Å²) in [7, 11) is -2.24. The molecule has 0 saturated carbocycles. The van der Waals surface area contributed by atoms with E-state index in [1.807, 2.05) is 19.1 Å². The average Bonchev–Trinajstić information content (AvgIpc) is 3.06. The van der Waals surface area contributed by atoms with Crippen LogP contribution < -0.4 is 0 Å². The van der Waals surface area contributed by atoms with Gasteiger partial charge < -0.3 is 9.47 Å². The number of benzene rings is 1. The normalized spacial score (nSPS) is 11.8. The van der Waals surface area contributed by atoms with E-state index >= 15 is 0 Å². The highest BCUT2D eigenvalue weighted by molar-refractivity contribution is 7.89. The third kappa shape index (κ3) is 5.16. The van der Waals surface area contributed by atoms with Crippen LogP contribution in [0.5, 0.6) is 0 Å². The number of thiazole rings is 1. The van der Waals surface area contributed by atoms with E-state index in [9.17, 15) is 13.2 Å². The zero-order valence-electron chi connectivity index (χ0n) is 16.8. The van der Waals surface area contributed by atoms with Crippen LogP contribution >= 0.6 is 11.3 Å². The first-order chi connectivity index (χ1) is 13.2. The minimum Gasteiger partial charge on any atom is -0.461 e. The maximum Gasteiger partial charge on any atom is 0.357 e. The lowest BCUT2D eigenvalue weighted by Crippen LogP contribution is -2.34. The number of esters is 1. The molecule has 1 aromatic heterocycles. The molecule has 0 saturated heterocycles. The van der Waals surface area contributed by atoms with Crippen LogP contribution in [0.1, 0.15) is 39.1 Å². The van der Waals surface area contributed by atoms with Gasteiger partial charge in [0.05, 0.1) is 24.7 Å². The summed E-state index contributed by atoms with van der Waals surface area (Å²) in [6.45, 7) is 7.99. The number of aromatic nitrogens is 1. The molecule has 2 aromatic rings. The second-order valence-corrected chi connectivity index (χ2v) is 9.22. The molecule has 0 aliphatic heterocycles. The van der Waals surface area contributed by atoms with Crippen molar-refractivity contribution >= 4 is 27.3 Å². The monoisotopic (exact) mass is 426 g/mol. The van der Waals surface area contributed by atoms with E-state index in [1.165, 1.54) is 22.8 Å². The van der Waals surface area contributed by atoms with Crippen LogP contribution in [-0.4, -0.2) is 50.5 Å². The maximum absolute atomic E-state index is 13.4. The van der Waals surface area contributed by atoms with Gasteiger partial charge in [-0.2, -0.15) is 4.31 Å².